The topological polar surface area (TPSA) is 64.1 Å². The zero-order valence-corrected chi connectivity index (χ0v) is 29.7. The number of benzene rings is 2. The number of fused-ring (bicyclic) bond motifs is 1. The van der Waals surface area contributed by atoms with Crippen molar-refractivity contribution in [3.63, 3.8) is 0 Å². The number of unbranched alkanes of at least 4 members (excludes halogenated alkanes) is 11. The Morgan fingerprint density at radius 2 is 1.49 bits per heavy atom. The number of carbonyl (C=O) groups is 1. The number of pyridine rings is 1. The van der Waals surface area contributed by atoms with Gasteiger partial charge >= 0.3 is 5.97 Å². The third kappa shape index (κ3) is 13.4. The number of piperazine rings is 1. The molecule has 7 nitrogen and oxygen atoms in total. The maximum Gasteiger partial charge on any atom is 0.308 e. The predicted octanol–water partition coefficient (Wildman–Crippen LogP) is 10.1. The summed E-state index contributed by atoms with van der Waals surface area (Å²) in [5, 5.41) is 2.24. The molecule has 47 heavy (non-hydrogen) atoms. The van der Waals surface area contributed by atoms with Gasteiger partial charge in [-0.15, -0.1) is 0 Å². The van der Waals surface area contributed by atoms with Gasteiger partial charge in [0.05, 0.1) is 27.9 Å². The average molecular weight is 687 g/mol. The molecular formula is C38H53Cl2N3O4. The minimum absolute atomic E-state index is 0.130. The normalized spacial score (nSPS) is 13.6. The van der Waals surface area contributed by atoms with E-state index in [2.05, 4.69) is 21.7 Å². The summed E-state index contributed by atoms with van der Waals surface area (Å²) < 4.78 is 17.0. The largest absolute Gasteiger partial charge is 0.494 e. The summed E-state index contributed by atoms with van der Waals surface area (Å²) in [5.41, 5.74) is 1.80. The first-order valence-corrected chi connectivity index (χ1v) is 18.5. The van der Waals surface area contributed by atoms with E-state index in [1.807, 2.05) is 42.5 Å². The van der Waals surface area contributed by atoms with Crippen LogP contribution >= 0.6 is 23.2 Å². The summed E-state index contributed by atoms with van der Waals surface area (Å²) in [4.78, 5) is 21.5. The highest BCUT2D eigenvalue weighted by molar-refractivity contribution is 6.43. The van der Waals surface area contributed by atoms with Crippen LogP contribution in [0.2, 0.25) is 10.0 Å². The number of rotatable bonds is 22. The van der Waals surface area contributed by atoms with Crippen LogP contribution in [0.4, 0.5) is 5.69 Å². The number of ether oxygens (including phenoxy) is 3. The molecule has 0 atom stereocenters. The lowest BCUT2D eigenvalue weighted by Gasteiger charge is -2.36. The Morgan fingerprint density at radius 1 is 0.787 bits per heavy atom. The molecule has 2 heterocycles. The van der Waals surface area contributed by atoms with Gasteiger partial charge in [-0.3, -0.25) is 9.69 Å². The minimum Gasteiger partial charge on any atom is -0.494 e. The van der Waals surface area contributed by atoms with E-state index >= 15 is 0 Å². The maximum atomic E-state index is 12.1. The molecule has 0 aliphatic carbocycles. The average Bonchev–Trinajstić information content (AvgIpc) is 3.08. The number of carbonyl (C=O) groups excluding carboxylic acids is 1. The number of anilines is 1. The van der Waals surface area contributed by atoms with Crippen LogP contribution < -0.4 is 14.4 Å². The predicted molar refractivity (Wildman–Crippen MR) is 194 cm³/mol. The van der Waals surface area contributed by atoms with Gasteiger partial charge in [0, 0.05) is 50.1 Å². The molecule has 0 N–H and O–H groups in total. The number of halogens is 2. The lowest BCUT2D eigenvalue weighted by Crippen LogP contribution is -2.46. The van der Waals surface area contributed by atoms with Crippen molar-refractivity contribution in [3.05, 3.63) is 58.6 Å². The molecule has 0 saturated carbocycles. The van der Waals surface area contributed by atoms with Gasteiger partial charge in [0.25, 0.3) is 0 Å². The first-order chi connectivity index (χ1) is 23.0. The second-order valence-corrected chi connectivity index (χ2v) is 13.3. The van der Waals surface area contributed by atoms with Gasteiger partial charge in [0.15, 0.2) is 0 Å². The second-order valence-electron chi connectivity index (χ2n) is 12.5. The van der Waals surface area contributed by atoms with Gasteiger partial charge in [0.1, 0.15) is 5.75 Å². The highest BCUT2D eigenvalue weighted by Gasteiger charge is 2.19. The van der Waals surface area contributed by atoms with E-state index < -0.39 is 0 Å². The van der Waals surface area contributed by atoms with E-state index in [4.69, 9.17) is 37.4 Å². The van der Waals surface area contributed by atoms with E-state index in [1.54, 1.807) is 6.07 Å². The van der Waals surface area contributed by atoms with Crippen LogP contribution in [0.1, 0.15) is 96.8 Å². The Labute approximate surface area is 291 Å². The summed E-state index contributed by atoms with van der Waals surface area (Å²) in [6, 6.07) is 15.5. The van der Waals surface area contributed by atoms with Gasteiger partial charge < -0.3 is 19.1 Å². The number of hydrogen-bond acceptors (Lipinski definition) is 7. The molecule has 9 heteroatoms. The molecule has 0 unspecified atom stereocenters. The van der Waals surface area contributed by atoms with Gasteiger partial charge in [-0.2, -0.15) is 0 Å². The van der Waals surface area contributed by atoms with Crippen LogP contribution in [-0.2, 0) is 9.53 Å². The van der Waals surface area contributed by atoms with Gasteiger partial charge in [-0.25, -0.2) is 4.98 Å². The van der Waals surface area contributed by atoms with Gasteiger partial charge in [0.2, 0.25) is 12.7 Å². The second kappa shape index (κ2) is 21.3. The molecule has 1 fully saturated rings. The molecule has 258 valence electrons. The third-order valence-corrected chi connectivity index (χ3v) is 9.64. The van der Waals surface area contributed by atoms with E-state index in [0.29, 0.717) is 29.0 Å². The van der Waals surface area contributed by atoms with Crippen LogP contribution in [0.5, 0.6) is 11.6 Å². The van der Waals surface area contributed by atoms with E-state index in [-0.39, 0.29) is 12.8 Å². The molecule has 4 rings (SSSR count). The van der Waals surface area contributed by atoms with Crippen molar-refractivity contribution in [1.29, 1.82) is 0 Å². The molecule has 0 spiro atoms. The van der Waals surface area contributed by atoms with Gasteiger partial charge in [-0.1, -0.05) is 100 Å². The summed E-state index contributed by atoms with van der Waals surface area (Å²) >= 11 is 12.6. The highest BCUT2D eigenvalue weighted by atomic mass is 35.5. The van der Waals surface area contributed by atoms with Crippen LogP contribution in [0, 0.1) is 0 Å². The van der Waals surface area contributed by atoms with Crippen LogP contribution in [0.25, 0.3) is 10.9 Å². The molecule has 1 saturated heterocycles. The summed E-state index contributed by atoms with van der Waals surface area (Å²) in [6.07, 6.45) is 16.3. The number of esters is 1. The van der Waals surface area contributed by atoms with Crippen LogP contribution in [-0.4, -0.2) is 62.0 Å². The van der Waals surface area contributed by atoms with Crippen molar-refractivity contribution in [2.45, 2.75) is 96.8 Å². The standard InChI is InChI=1S/C38H53Cl2N3O4/c1-2-3-4-5-6-7-8-9-10-11-12-18-37(44)47-30-46-36-22-20-31-19-21-32(29-34(31)41-36)45-28-14-13-23-42-24-26-43(27-25-42)35-17-15-16-33(39)38(35)40/h15-17,19-22,29H,2-14,18,23-28,30H2,1H3. The number of hydrogen-bond donors (Lipinski definition) is 0. The lowest BCUT2D eigenvalue weighted by molar-refractivity contribution is -0.150. The fourth-order valence-electron chi connectivity index (χ4n) is 5.99. The number of aromatic nitrogens is 1. The fraction of sp³-hybridized carbons (Fsp3) is 0.579. The molecule has 0 radical (unpaired) electrons. The zero-order chi connectivity index (χ0) is 33.1. The Kier molecular flexibility index (Phi) is 16.8. The molecule has 1 aliphatic heterocycles. The monoisotopic (exact) mass is 685 g/mol. The van der Waals surface area contributed by atoms with Crippen molar-refractivity contribution in [2.75, 3.05) is 51.0 Å². The summed E-state index contributed by atoms with van der Waals surface area (Å²) in [7, 11) is 0. The molecule has 1 aromatic heterocycles. The van der Waals surface area contributed by atoms with Gasteiger partial charge in [-0.05, 0) is 56.1 Å². The SMILES string of the molecule is CCCCCCCCCCCCCC(=O)OCOc1ccc2ccc(OCCCCN3CCN(c4cccc(Cl)c4Cl)CC3)cc2n1. The van der Waals surface area contributed by atoms with Crippen LogP contribution in [0.3, 0.4) is 0 Å². The Balaban J connectivity index is 1.05. The Morgan fingerprint density at radius 3 is 2.23 bits per heavy atom. The number of nitrogens with zero attached hydrogens (tertiary/aromatic N) is 3. The van der Waals surface area contributed by atoms with Crippen LogP contribution in [0.15, 0.2) is 48.5 Å². The first kappa shape index (κ1) is 37.1. The Bertz CT molecular complexity index is 1350. The maximum absolute atomic E-state index is 12.1. The quantitative estimate of drug-likeness (QED) is 0.0592. The molecule has 0 bridgehead atoms. The van der Waals surface area contributed by atoms with Crippen molar-refractivity contribution in [3.8, 4) is 11.6 Å². The minimum atomic E-state index is -0.220. The fourth-order valence-corrected chi connectivity index (χ4v) is 6.40. The van der Waals surface area contributed by atoms with Crippen molar-refractivity contribution >= 4 is 45.8 Å². The third-order valence-electron chi connectivity index (χ3n) is 8.83. The van der Waals surface area contributed by atoms with E-state index in [1.165, 1.54) is 57.8 Å². The molecule has 1 aliphatic rings. The first-order valence-electron chi connectivity index (χ1n) is 17.8. The smallest absolute Gasteiger partial charge is 0.308 e. The molecule has 3 aromatic rings. The molecule has 2 aromatic carbocycles. The molecular weight excluding hydrogens is 633 g/mol. The van der Waals surface area contributed by atoms with Crippen molar-refractivity contribution < 1.29 is 19.0 Å². The highest BCUT2D eigenvalue weighted by Crippen LogP contribution is 2.33. The zero-order valence-electron chi connectivity index (χ0n) is 28.2. The summed E-state index contributed by atoms with van der Waals surface area (Å²) in [6.45, 7) is 7.70. The Hall–Kier alpha value is -2.74. The lowest BCUT2D eigenvalue weighted by atomic mass is 10.1. The van der Waals surface area contributed by atoms with E-state index in [9.17, 15) is 4.79 Å². The van der Waals surface area contributed by atoms with Crippen molar-refractivity contribution in [2.24, 2.45) is 0 Å². The summed E-state index contributed by atoms with van der Waals surface area (Å²) in [5.74, 6) is 0.990. The molecule has 0 amide bonds. The van der Waals surface area contributed by atoms with E-state index in [0.717, 1.165) is 80.7 Å². The van der Waals surface area contributed by atoms with Crippen molar-refractivity contribution in [1.82, 2.24) is 9.88 Å².